The molecule has 21 heavy (non-hydrogen) atoms. The number of carboxylic acids is 1. The number of ether oxygens (including phenoxy) is 1. The van der Waals surface area contributed by atoms with Crippen molar-refractivity contribution >= 4 is 11.9 Å². The van der Waals surface area contributed by atoms with Gasteiger partial charge < -0.3 is 20.0 Å². The van der Waals surface area contributed by atoms with E-state index in [4.69, 9.17) is 4.74 Å². The molecule has 1 N–H and O–H groups in total. The van der Waals surface area contributed by atoms with Crippen LogP contribution in [0.5, 0.6) is 5.75 Å². The molecule has 0 saturated heterocycles. The number of amides is 1. The molecule has 5 nitrogen and oxygen atoms in total. The van der Waals surface area contributed by atoms with Gasteiger partial charge >= 0.3 is 0 Å². The van der Waals surface area contributed by atoms with Gasteiger partial charge in [-0.25, -0.2) is 0 Å². The van der Waals surface area contributed by atoms with Gasteiger partial charge in [0.2, 0.25) is 5.91 Å². The zero-order valence-electron chi connectivity index (χ0n) is 12.4. The second-order valence-corrected chi connectivity index (χ2v) is 4.82. The van der Waals surface area contributed by atoms with Crippen LogP contribution in [0.3, 0.4) is 0 Å². The first-order valence-corrected chi connectivity index (χ1v) is 7.30. The summed E-state index contributed by atoms with van der Waals surface area (Å²) in [6.07, 6.45) is 2.57. The maximum atomic E-state index is 11.3. The lowest BCUT2D eigenvalue weighted by molar-refractivity contribution is -0.305. The highest BCUT2D eigenvalue weighted by Gasteiger charge is 2.01. The van der Waals surface area contributed by atoms with Gasteiger partial charge in [-0.15, -0.1) is 0 Å². The van der Waals surface area contributed by atoms with Crippen molar-refractivity contribution in [2.45, 2.75) is 39.0 Å². The van der Waals surface area contributed by atoms with Gasteiger partial charge in [0.25, 0.3) is 0 Å². The van der Waals surface area contributed by atoms with Crippen molar-refractivity contribution in [3.63, 3.8) is 0 Å². The summed E-state index contributed by atoms with van der Waals surface area (Å²) < 4.78 is 5.57. The molecule has 0 unspecified atom stereocenters. The van der Waals surface area contributed by atoms with Gasteiger partial charge in [-0.3, -0.25) is 4.79 Å². The highest BCUT2D eigenvalue weighted by Crippen LogP contribution is 2.12. The predicted molar refractivity (Wildman–Crippen MR) is 77.8 cm³/mol. The molecule has 116 valence electrons. The lowest BCUT2D eigenvalue weighted by Crippen LogP contribution is -2.29. The molecule has 0 heterocycles. The first-order valence-electron chi connectivity index (χ1n) is 7.30. The van der Waals surface area contributed by atoms with E-state index in [9.17, 15) is 14.7 Å². The highest BCUT2D eigenvalue weighted by atomic mass is 16.5. The number of rotatable bonds is 10. The highest BCUT2D eigenvalue weighted by molar-refractivity contribution is 5.79. The van der Waals surface area contributed by atoms with E-state index in [2.05, 4.69) is 12.2 Å². The van der Waals surface area contributed by atoms with Crippen LogP contribution in [0.2, 0.25) is 0 Å². The van der Waals surface area contributed by atoms with E-state index in [1.165, 1.54) is 0 Å². The largest absolute Gasteiger partial charge is 0.550 e. The summed E-state index contributed by atoms with van der Waals surface area (Å²) in [5.74, 6) is -0.618. The Hall–Kier alpha value is -2.04. The Morgan fingerprint density at radius 2 is 1.90 bits per heavy atom. The summed E-state index contributed by atoms with van der Waals surface area (Å²) >= 11 is 0. The van der Waals surface area contributed by atoms with E-state index in [0.29, 0.717) is 13.0 Å². The molecule has 5 heteroatoms. The van der Waals surface area contributed by atoms with Crippen molar-refractivity contribution in [3.05, 3.63) is 29.8 Å². The van der Waals surface area contributed by atoms with Gasteiger partial charge in [-0.1, -0.05) is 25.5 Å². The van der Waals surface area contributed by atoms with Gasteiger partial charge in [0.05, 0.1) is 6.61 Å². The summed E-state index contributed by atoms with van der Waals surface area (Å²) in [4.78, 5) is 21.5. The average molecular weight is 292 g/mol. The fraction of sp³-hybridized carbons (Fsp3) is 0.500. The Morgan fingerprint density at radius 1 is 1.19 bits per heavy atom. The first-order chi connectivity index (χ1) is 10.1. The average Bonchev–Trinajstić information content (AvgIpc) is 2.47. The molecule has 0 bridgehead atoms. The van der Waals surface area contributed by atoms with Crippen molar-refractivity contribution in [1.29, 1.82) is 0 Å². The van der Waals surface area contributed by atoms with E-state index in [-0.39, 0.29) is 18.7 Å². The lowest BCUT2D eigenvalue weighted by Gasteiger charge is -2.08. The van der Waals surface area contributed by atoms with E-state index < -0.39 is 5.97 Å². The van der Waals surface area contributed by atoms with Crippen LogP contribution in [0.25, 0.3) is 0 Å². The van der Waals surface area contributed by atoms with E-state index in [0.717, 1.165) is 30.8 Å². The normalized spacial score (nSPS) is 10.1. The number of aliphatic carboxylic acids is 1. The number of unbranched alkanes of at least 4 members (excludes halogenated alkanes) is 1. The molecule has 0 atom stereocenters. The SMILES string of the molecule is CCCCOc1ccc(CCNC(=O)CCC(=O)[O-])cc1. The van der Waals surface area contributed by atoms with Crippen LogP contribution in [0.1, 0.15) is 38.2 Å². The molecule has 1 aromatic carbocycles. The van der Waals surface area contributed by atoms with Crippen LogP contribution in [0.4, 0.5) is 0 Å². The topological polar surface area (TPSA) is 78.5 Å². The number of carbonyl (C=O) groups excluding carboxylic acids is 2. The standard InChI is InChI=1S/C16H23NO4/c1-2-3-12-21-14-6-4-13(5-7-14)10-11-17-15(18)8-9-16(19)20/h4-7H,2-3,8-12H2,1H3,(H,17,18)(H,19,20)/p-1. The maximum Gasteiger partial charge on any atom is 0.220 e. The van der Waals surface area contributed by atoms with Crippen LogP contribution in [-0.4, -0.2) is 25.0 Å². The zero-order valence-corrected chi connectivity index (χ0v) is 12.4. The van der Waals surface area contributed by atoms with E-state index in [1.807, 2.05) is 24.3 Å². The molecule has 0 aliphatic heterocycles. The minimum absolute atomic E-state index is 0.0352. The smallest absolute Gasteiger partial charge is 0.220 e. The number of carboxylic acid groups (broad SMARTS) is 1. The van der Waals surface area contributed by atoms with Gasteiger partial charge in [0, 0.05) is 18.9 Å². The lowest BCUT2D eigenvalue weighted by atomic mass is 10.1. The van der Waals surface area contributed by atoms with Crippen molar-refractivity contribution in [3.8, 4) is 5.75 Å². The maximum absolute atomic E-state index is 11.3. The van der Waals surface area contributed by atoms with Gasteiger partial charge in [-0.2, -0.15) is 0 Å². The minimum atomic E-state index is -1.20. The predicted octanol–water partition coefficient (Wildman–Crippen LogP) is 1.05. The molecular formula is C16H22NO4-. The molecule has 0 aliphatic carbocycles. The molecule has 1 aromatic rings. The Bertz CT molecular complexity index is 442. The number of hydrogen-bond acceptors (Lipinski definition) is 4. The van der Waals surface area contributed by atoms with Crippen LogP contribution in [0, 0.1) is 0 Å². The summed E-state index contributed by atoms with van der Waals surface area (Å²) in [6.45, 7) is 3.33. The quantitative estimate of drug-likeness (QED) is 0.654. The fourth-order valence-corrected chi connectivity index (χ4v) is 1.74. The third-order valence-electron chi connectivity index (χ3n) is 2.98. The molecular weight excluding hydrogens is 270 g/mol. The third kappa shape index (κ3) is 7.97. The summed E-state index contributed by atoms with van der Waals surface area (Å²) in [5, 5.41) is 12.9. The molecule has 0 aromatic heterocycles. The number of nitrogens with one attached hydrogen (secondary N) is 1. The van der Waals surface area contributed by atoms with Crippen molar-refractivity contribution < 1.29 is 19.4 Å². The monoisotopic (exact) mass is 292 g/mol. The molecule has 1 amide bonds. The molecule has 0 spiro atoms. The Labute approximate surface area is 125 Å². The third-order valence-corrected chi connectivity index (χ3v) is 2.98. The van der Waals surface area contributed by atoms with Crippen molar-refractivity contribution in [2.24, 2.45) is 0 Å². The number of carbonyl (C=O) groups is 2. The van der Waals surface area contributed by atoms with E-state index >= 15 is 0 Å². The fourth-order valence-electron chi connectivity index (χ4n) is 1.74. The van der Waals surface area contributed by atoms with Crippen LogP contribution in [-0.2, 0) is 16.0 Å². The molecule has 0 fully saturated rings. The van der Waals surface area contributed by atoms with Crippen molar-refractivity contribution in [1.82, 2.24) is 5.32 Å². The van der Waals surface area contributed by atoms with E-state index in [1.54, 1.807) is 0 Å². The van der Waals surface area contributed by atoms with Gasteiger partial charge in [0.1, 0.15) is 5.75 Å². The van der Waals surface area contributed by atoms with Crippen LogP contribution < -0.4 is 15.2 Å². The molecule has 0 aliphatic rings. The first kappa shape index (κ1) is 17.0. The number of hydrogen-bond donors (Lipinski definition) is 1. The summed E-state index contributed by atoms with van der Waals surface area (Å²) in [6, 6.07) is 7.77. The van der Waals surface area contributed by atoms with Crippen LogP contribution in [0.15, 0.2) is 24.3 Å². The Morgan fingerprint density at radius 3 is 2.52 bits per heavy atom. The minimum Gasteiger partial charge on any atom is -0.550 e. The summed E-state index contributed by atoms with van der Waals surface area (Å²) in [5.41, 5.74) is 1.10. The van der Waals surface area contributed by atoms with Gasteiger partial charge in [-0.05, 0) is 37.0 Å². The van der Waals surface area contributed by atoms with Crippen LogP contribution >= 0.6 is 0 Å². The molecule has 0 saturated carbocycles. The Kier molecular flexibility index (Phi) is 7.94. The molecule has 0 radical (unpaired) electrons. The second-order valence-electron chi connectivity index (χ2n) is 4.82. The molecule has 1 rings (SSSR count). The Balaban J connectivity index is 2.23. The van der Waals surface area contributed by atoms with Gasteiger partial charge in [0.15, 0.2) is 0 Å². The van der Waals surface area contributed by atoms with Crippen molar-refractivity contribution in [2.75, 3.05) is 13.2 Å². The number of benzene rings is 1. The second kappa shape index (κ2) is 9.80. The zero-order chi connectivity index (χ0) is 15.5. The summed E-state index contributed by atoms with van der Waals surface area (Å²) in [7, 11) is 0.